The first-order valence-electron chi connectivity index (χ1n) is 4.69. The van der Waals surface area contributed by atoms with E-state index in [9.17, 15) is 0 Å². The van der Waals surface area contributed by atoms with Crippen LogP contribution in [-0.4, -0.2) is 9.97 Å². The Labute approximate surface area is 102 Å². The lowest BCUT2D eigenvalue weighted by molar-refractivity contribution is 0.294. The fourth-order valence-corrected chi connectivity index (χ4v) is 1.67. The number of nitrogens with two attached hydrogens (primary N) is 1. The predicted molar refractivity (Wildman–Crippen MR) is 64.9 cm³/mol. The lowest BCUT2D eigenvalue weighted by atomic mass is 10.2. The quantitative estimate of drug-likeness (QED) is 0.937. The van der Waals surface area contributed by atoms with Crippen molar-refractivity contribution < 1.29 is 4.74 Å². The van der Waals surface area contributed by atoms with Crippen LogP contribution >= 0.6 is 15.9 Å². The molecule has 5 heteroatoms. The van der Waals surface area contributed by atoms with Crippen LogP contribution in [0.5, 0.6) is 5.88 Å². The molecule has 0 aliphatic heterocycles. The molecule has 4 nitrogen and oxygen atoms in total. The van der Waals surface area contributed by atoms with Crippen LogP contribution in [0.3, 0.4) is 0 Å². The molecule has 0 saturated heterocycles. The number of aromatic nitrogens is 2. The number of hydrogen-bond donors (Lipinski definition) is 1. The molecule has 1 aromatic heterocycles. The summed E-state index contributed by atoms with van der Waals surface area (Å²) in [6.07, 6.45) is 3.08. The average Bonchev–Trinajstić information content (AvgIpc) is 2.28. The van der Waals surface area contributed by atoms with E-state index in [4.69, 9.17) is 10.5 Å². The van der Waals surface area contributed by atoms with E-state index < -0.39 is 0 Å². The van der Waals surface area contributed by atoms with Gasteiger partial charge in [0.2, 0.25) is 0 Å². The van der Waals surface area contributed by atoms with Crippen molar-refractivity contribution in [3.63, 3.8) is 0 Å². The summed E-state index contributed by atoms with van der Waals surface area (Å²) in [5, 5.41) is 0. The van der Waals surface area contributed by atoms with E-state index >= 15 is 0 Å². The standard InChI is InChI=1S/C11H10BrN3O/c12-9-3-1-2-8(6-9)7-16-11-10(13)14-4-5-15-11/h1-6H,7H2,(H2,13,14). The SMILES string of the molecule is Nc1nccnc1OCc1cccc(Br)c1. The van der Waals surface area contributed by atoms with Crippen LogP contribution in [0.4, 0.5) is 5.82 Å². The van der Waals surface area contributed by atoms with Crippen molar-refractivity contribution in [2.24, 2.45) is 0 Å². The minimum Gasteiger partial charge on any atom is -0.470 e. The summed E-state index contributed by atoms with van der Waals surface area (Å²) in [4.78, 5) is 7.88. The predicted octanol–water partition coefficient (Wildman–Crippen LogP) is 2.40. The van der Waals surface area contributed by atoms with E-state index in [0.717, 1.165) is 10.0 Å². The third-order valence-corrected chi connectivity index (χ3v) is 2.45. The Balaban J connectivity index is 2.05. The molecule has 82 valence electrons. The van der Waals surface area contributed by atoms with Crippen molar-refractivity contribution in [1.82, 2.24) is 9.97 Å². The van der Waals surface area contributed by atoms with E-state index in [-0.39, 0.29) is 0 Å². The zero-order valence-corrected chi connectivity index (χ0v) is 10.0. The molecule has 0 aliphatic carbocycles. The number of halogens is 1. The van der Waals surface area contributed by atoms with E-state index in [2.05, 4.69) is 25.9 Å². The Morgan fingerprint density at radius 2 is 2.06 bits per heavy atom. The molecule has 1 heterocycles. The van der Waals surface area contributed by atoms with E-state index in [1.807, 2.05) is 24.3 Å². The smallest absolute Gasteiger partial charge is 0.257 e. The van der Waals surface area contributed by atoms with Crippen LogP contribution < -0.4 is 10.5 Å². The van der Waals surface area contributed by atoms with Gasteiger partial charge in [0.1, 0.15) is 6.61 Å². The van der Waals surface area contributed by atoms with Gasteiger partial charge in [-0.3, -0.25) is 0 Å². The van der Waals surface area contributed by atoms with Gasteiger partial charge in [0.15, 0.2) is 5.82 Å². The van der Waals surface area contributed by atoms with Crippen molar-refractivity contribution in [3.8, 4) is 5.88 Å². The fourth-order valence-electron chi connectivity index (χ4n) is 1.23. The van der Waals surface area contributed by atoms with Crippen LogP contribution in [0.2, 0.25) is 0 Å². The number of anilines is 1. The second kappa shape index (κ2) is 4.94. The maximum atomic E-state index is 5.61. The number of benzene rings is 1. The summed E-state index contributed by atoms with van der Waals surface area (Å²) in [7, 11) is 0. The first-order chi connectivity index (χ1) is 7.75. The molecule has 16 heavy (non-hydrogen) atoms. The summed E-state index contributed by atoms with van der Waals surface area (Å²) in [5.74, 6) is 0.667. The third-order valence-electron chi connectivity index (χ3n) is 1.96. The molecule has 0 radical (unpaired) electrons. The summed E-state index contributed by atoms with van der Waals surface area (Å²) in [6.45, 7) is 0.419. The summed E-state index contributed by atoms with van der Waals surface area (Å²) in [6, 6.07) is 7.85. The Bertz CT molecular complexity index is 490. The number of nitrogens with zero attached hydrogens (tertiary/aromatic N) is 2. The van der Waals surface area contributed by atoms with Gasteiger partial charge in [-0.25, -0.2) is 9.97 Å². The second-order valence-corrected chi connectivity index (χ2v) is 4.08. The van der Waals surface area contributed by atoms with Crippen molar-refractivity contribution >= 4 is 21.7 Å². The Hall–Kier alpha value is -1.62. The zero-order chi connectivity index (χ0) is 11.4. The maximum absolute atomic E-state index is 5.61. The second-order valence-electron chi connectivity index (χ2n) is 3.17. The first kappa shape index (κ1) is 10.9. The molecule has 0 saturated carbocycles. The minimum atomic E-state index is 0.303. The van der Waals surface area contributed by atoms with E-state index in [0.29, 0.717) is 18.3 Å². The van der Waals surface area contributed by atoms with Crippen LogP contribution in [0.1, 0.15) is 5.56 Å². The maximum Gasteiger partial charge on any atom is 0.257 e. The molecule has 2 rings (SSSR count). The van der Waals surface area contributed by atoms with Crippen molar-refractivity contribution in [1.29, 1.82) is 0 Å². The van der Waals surface area contributed by atoms with Gasteiger partial charge in [-0.05, 0) is 17.7 Å². The Kier molecular flexibility index (Phi) is 3.36. The van der Waals surface area contributed by atoms with Crippen molar-refractivity contribution in [2.45, 2.75) is 6.61 Å². The van der Waals surface area contributed by atoms with Crippen LogP contribution in [0, 0.1) is 0 Å². The number of ether oxygens (including phenoxy) is 1. The van der Waals surface area contributed by atoms with Gasteiger partial charge in [0, 0.05) is 16.9 Å². The molecular weight excluding hydrogens is 270 g/mol. The van der Waals surface area contributed by atoms with E-state index in [1.54, 1.807) is 6.20 Å². The molecule has 1 aromatic carbocycles. The van der Waals surface area contributed by atoms with Gasteiger partial charge in [-0.15, -0.1) is 0 Å². The highest BCUT2D eigenvalue weighted by Gasteiger charge is 2.02. The Morgan fingerprint density at radius 1 is 1.25 bits per heavy atom. The lowest BCUT2D eigenvalue weighted by Crippen LogP contribution is -2.01. The van der Waals surface area contributed by atoms with Crippen molar-refractivity contribution in [3.05, 3.63) is 46.7 Å². The molecular formula is C11H10BrN3O. The molecule has 0 amide bonds. The molecule has 0 aliphatic rings. The molecule has 0 atom stereocenters. The van der Waals surface area contributed by atoms with Crippen LogP contribution in [0.15, 0.2) is 41.1 Å². The molecule has 2 aromatic rings. The zero-order valence-electron chi connectivity index (χ0n) is 8.43. The highest BCUT2D eigenvalue weighted by Crippen LogP contribution is 2.16. The molecule has 0 bridgehead atoms. The van der Waals surface area contributed by atoms with Crippen LogP contribution in [0.25, 0.3) is 0 Å². The van der Waals surface area contributed by atoms with Crippen molar-refractivity contribution in [2.75, 3.05) is 5.73 Å². The fraction of sp³-hybridized carbons (Fsp3) is 0.0909. The third kappa shape index (κ3) is 2.70. The molecule has 2 N–H and O–H groups in total. The van der Waals surface area contributed by atoms with Gasteiger partial charge in [-0.2, -0.15) is 0 Å². The number of rotatable bonds is 3. The molecule has 0 fully saturated rings. The highest BCUT2D eigenvalue weighted by atomic mass is 79.9. The van der Waals surface area contributed by atoms with Gasteiger partial charge < -0.3 is 10.5 Å². The van der Waals surface area contributed by atoms with Crippen LogP contribution in [-0.2, 0) is 6.61 Å². The summed E-state index contributed by atoms with van der Waals surface area (Å²) in [5.41, 5.74) is 6.65. The van der Waals surface area contributed by atoms with Gasteiger partial charge >= 0.3 is 0 Å². The number of hydrogen-bond acceptors (Lipinski definition) is 4. The monoisotopic (exact) mass is 279 g/mol. The minimum absolute atomic E-state index is 0.303. The molecule has 0 unspecified atom stereocenters. The first-order valence-corrected chi connectivity index (χ1v) is 5.49. The summed E-state index contributed by atoms with van der Waals surface area (Å²) >= 11 is 3.39. The van der Waals surface area contributed by atoms with Gasteiger partial charge in [-0.1, -0.05) is 28.1 Å². The summed E-state index contributed by atoms with van der Waals surface area (Å²) < 4.78 is 6.47. The Morgan fingerprint density at radius 3 is 2.81 bits per heavy atom. The normalized spacial score (nSPS) is 10.1. The number of nitrogen functional groups attached to an aromatic ring is 1. The highest BCUT2D eigenvalue weighted by molar-refractivity contribution is 9.10. The van der Waals surface area contributed by atoms with Gasteiger partial charge in [0.25, 0.3) is 5.88 Å². The topological polar surface area (TPSA) is 61.0 Å². The average molecular weight is 280 g/mol. The van der Waals surface area contributed by atoms with E-state index in [1.165, 1.54) is 6.20 Å². The largest absolute Gasteiger partial charge is 0.470 e. The molecule has 0 spiro atoms. The lowest BCUT2D eigenvalue weighted by Gasteiger charge is -2.06. The van der Waals surface area contributed by atoms with Gasteiger partial charge in [0.05, 0.1) is 0 Å².